The van der Waals surface area contributed by atoms with Crippen molar-refractivity contribution >= 4 is 34.8 Å². The van der Waals surface area contributed by atoms with E-state index < -0.39 is 11.9 Å². The second kappa shape index (κ2) is 5.51. The zero-order chi connectivity index (χ0) is 14.2. The Balaban J connectivity index is 2.23. The van der Waals surface area contributed by atoms with Crippen LogP contribution in [0.2, 0.25) is 5.02 Å². The number of carbonyl (C=O) groups is 2. The van der Waals surface area contributed by atoms with E-state index in [1.807, 2.05) is 12.3 Å². The van der Waals surface area contributed by atoms with Crippen molar-refractivity contribution in [3.8, 4) is 0 Å². The van der Waals surface area contributed by atoms with E-state index in [-0.39, 0.29) is 11.9 Å². The molecule has 19 heavy (non-hydrogen) atoms. The zero-order valence-electron chi connectivity index (χ0n) is 10.9. The quantitative estimate of drug-likeness (QED) is 0.913. The van der Waals surface area contributed by atoms with Crippen LogP contribution < -0.4 is 0 Å². The summed E-state index contributed by atoms with van der Waals surface area (Å²) in [4.78, 5) is 25.8. The molecule has 1 saturated heterocycles. The number of carboxylic acids is 1. The lowest BCUT2D eigenvalue weighted by Gasteiger charge is -2.37. The Labute approximate surface area is 121 Å². The topological polar surface area (TPSA) is 57.6 Å². The van der Waals surface area contributed by atoms with Gasteiger partial charge in [0.05, 0.1) is 10.9 Å². The molecular formula is C13H16ClNO3S. The first kappa shape index (κ1) is 14.3. The highest BCUT2D eigenvalue weighted by molar-refractivity contribution is 7.13. The van der Waals surface area contributed by atoms with E-state index in [0.717, 1.165) is 12.0 Å². The molecule has 0 radical (unpaired) electrons. The number of piperidine rings is 1. The van der Waals surface area contributed by atoms with Crippen molar-refractivity contribution < 1.29 is 14.7 Å². The summed E-state index contributed by atoms with van der Waals surface area (Å²) >= 11 is 7.44. The number of amides is 1. The van der Waals surface area contributed by atoms with Crippen molar-refractivity contribution in [2.45, 2.75) is 32.7 Å². The van der Waals surface area contributed by atoms with Gasteiger partial charge in [0.2, 0.25) is 0 Å². The van der Waals surface area contributed by atoms with Crippen LogP contribution in [0.5, 0.6) is 0 Å². The van der Waals surface area contributed by atoms with Gasteiger partial charge in [-0.15, -0.1) is 11.3 Å². The van der Waals surface area contributed by atoms with Gasteiger partial charge in [0.1, 0.15) is 4.88 Å². The molecule has 2 rings (SSSR count). The molecule has 0 aliphatic carbocycles. The third-order valence-corrected chi connectivity index (χ3v) is 5.34. The Morgan fingerprint density at radius 2 is 2.21 bits per heavy atom. The first-order chi connectivity index (χ1) is 8.93. The molecule has 104 valence electrons. The smallest absolute Gasteiger partial charge is 0.308 e. The molecule has 1 amide bonds. The van der Waals surface area contributed by atoms with Crippen LogP contribution in [0.4, 0.5) is 0 Å². The highest BCUT2D eigenvalue weighted by Crippen LogP contribution is 2.31. The van der Waals surface area contributed by atoms with Gasteiger partial charge >= 0.3 is 5.97 Å². The summed E-state index contributed by atoms with van der Waals surface area (Å²) in [6.45, 7) is 4.25. The first-order valence-electron chi connectivity index (χ1n) is 6.20. The highest BCUT2D eigenvalue weighted by Gasteiger charge is 2.36. The molecule has 0 aromatic carbocycles. The maximum Gasteiger partial charge on any atom is 0.308 e. The normalized spacial score (nSPS) is 23.4. The van der Waals surface area contributed by atoms with E-state index in [9.17, 15) is 14.7 Å². The molecule has 4 nitrogen and oxygen atoms in total. The third-order valence-electron chi connectivity index (χ3n) is 3.66. The summed E-state index contributed by atoms with van der Waals surface area (Å²) < 4.78 is 0. The molecule has 1 N–H and O–H groups in total. The number of halogens is 1. The van der Waals surface area contributed by atoms with Crippen molar-refractivity contribution in [3.63, 3.8) is 0 Å². The monoisotopic (exact) mass is 301 g/mol. The fraction of sp³-hybridized carbons (Fsp3) is 0.538. The van der Waals surface area contributed by atoms with Gasteiger partial charge in [-0.25, -0.2) is 0 Å². The number of aryl methyl sites for hydroxylation is 1. The molecule has 0 saturated carbocycles. The van der Waals surface area contributed by atoms with Crippen molar-refractivity contribution in [2.75, 3.05) is 6.54 Å². The largest absolute Gasteiger partial charge is 0.481 e. The molecule has 1 aliphatic heterocycles. The number of carbonyl (C=O) groups excluding carboxylic acids is 1. The number of hydrogen-bond acceptors (Lipinski definition) is 3. The lowest BCUT2D eigenvalue weighted by Crippen LogP contribution is -2.49. The van der Waals surface area contributed by atoms with Gasteiger partial charge in [0.15, 0.2) is 0 Å². The Hall–Kier alpha value is -1.07. The minimum Gasteiger partial charge on any atom is -0.481 e. The number of carboxylic acid groups (broad SMARTS) is 1. The summed E-state index contributed by atoms with van der Waals surface area (Å²) in [5, 5.41) is 11.5. The van der Waals surface area contributed by atoms with Gasteiger partial charge in [-0.2, -0.15) is 0 Å². The van der Waals surface area contributed by atoms with Gasteiger partial charge in [0, 0.05) is 12.6 Å². The van der Waals surface area contributed by atoms with Crippen LogP contribution in [0.1, 0.15) is 35.0 Å². The molecule has 1 aliphatic rings. The van der Waals surface area contributed by atoms with Crippen LogP contribution in [0.3, 0.4) is 0 Å². The van der Waals surface area contributed by atoms with E-state index in [1.54, 1.807) is 11.8 Å². The third kappa shape index (κ3) is 2.62. The van der Waals surface area contributed by atoms with Crippen molar-refractivity contribution in [1.82, 2.24) is 4.90 Å². The van der Waals surface area contributed by atoms with Gasteiger partial charge in [-0.1, -0.05) is 11.6 Å². The van der Waals surface area contributed by atoms with E-state index in [2.05, 4.69) is 0 Å². The number of rotatable bonds is 2. The van der Waals surface area contributed by atoms with Crippen molar-refractivity contribution in [2.24, 2.45) is 5.92 Å². The molecule has 1 fully saturated rings. The maximum absolute atomic E-state index is 12.5. The zero-order valence-corrected chi connectivity index (χ0v) is 12.4. The second-order valence-corrected chi connectivity index (χ2v) is 6.15. The van der Waals surface area contributed by atoms with Crippen LogP contribution in [-0.2, 0) is 4.79 Å². The maximum atomic E-state index is 12.5. The SMILES string of the molecule is Cc1csc(C(=O)N2CCC[C@@H](C(=O)O)[C@H]2C)c1Cl. The average Bonchev–Trinajstić information content (AvgIpc) is 2.69. The van der Waals surface area contributed by atoms with Crippen LogP contribution in [-0.4, -0.2) is 34.5 Å². The molecule has 6 heteroatoms. The van der Waals surface area contributed by atoms with Crippen LogP contribution in [0, 0.1) is 12.8 Å². The lowest BCUT2D eigenvalue weighted by molar-refractivity contribution is -0.144. The fourth-order valence-corrected chi connectivity index (χ4v) is 3.69. The van der Waals surface area contributed by atoms with Crippen LogP contribution >= 0.6 is 22.9 Å². The molecule has 2 atom stereocenters. The minimum absolute atomic E-state index is 0.151. The number of thiophene rings is 1. The number of hydrogen-bond donors (Lipinski definition) is 1. The first-order valence-corrected chi connectivity index (χ1v) is 7.46. The van der Waals surface area contributed by atoms with Gasteiger partial charge in [0.25, 0.3) is 5.91 Å². The average molecular weight is 302 g/mol. The summed E-state index contributed by atoms with van der Waals surface area (Å²) in [5.41, 5.74) is 0.884. The Bertz CT molecular complexity index is 514. The van der Waals surface area contributed by atoms with Crippen LogP contribution in [0.15, 0.2) is 5.38 Å². The molecule has 1 aromatic rings. The predicted molar refractivity (Wildman–Crippen MR) is 74.9 cm³/mol. The Morgan fingerprint density at radius 3 is 2.74 bits per heavy atom. The van der Waals surface area contributed by atoms with E-state index in [1.165, 1.54) is 11.3 Å². The van der Waals surface area contributed by atoms with Crippen LogP contribution in [0.25, 0.3) is 0 Å². The Morgan fingerprint density at radius 1 is 1.53 bits per heavy atom. The van der Waals surface area contributed by atoms with Gasteiger partial charge < -0.3 is 10.0 Å². The van der Waals surface area contributed by atoms with Crippen molar-refractivity contribution in [1.29, 1.82) is 0 Å². The molecule has 0 bridgehead atoms. The second-order valence-electron chi connectivity index (χ2n) is 4.89. The van der Waals surface area contributed by atoms with Crippen molar-refractivity contribution in [3.05, 3.63) is 20.8 Å². The summed E-state index contributed by atoms with van der Waals surface area (Å²) in [6, 6.07) is -0.294. The summed E-state index contributed by atoms with van der Waals surface area (Å²) in [5.74, 6) is -1.47. The highest BCUT2D eigenvalue weighted by atomic mass is 35.5. The number of nitrogens with zero attached hydrogens (tertiary/aromatic N) is 1. The number of aliphatic carboxylic acids is 1. The molecule has 0 spiro atoms. The summed E-state index contributed by atoms with van der Waals surface area (Å²) in [6.07, 6.45) is 1.34. The van der Waals surface area contributed by atoms with E-state index in [0.29, 0.717) is 22.9 Å². The number of likely N-dealkylation sites (tertiary alicyclic amines) is 1. The molecule has 0 unspecified atom stereocenters. The van der Waals surface area contributed by atoms with E-state index >= 15 is 0 Å². The molecule has 2 heterocycles. The van der Waals surface area contributed by atoms with Gasteiger partial charge in [-0.05, 0) is 37.6 Å². The lowest BCUT2D eigenvalue weighted by atomic mass is 9.90. The molecular weight excluding hydrogens is 286 g/mol. The van der Waals surface area contributed by atoms with Gasteiger partial charge in [-0.3, -0.25) is 9.59 Å². The summed E-state index contributed by atoms with van der Waals surface area (Å²) in [7, 11) is 0. The molecule has 1 aromatic heterocycles. The fourth-order valence-electron chi connectivity index (χ4n) is 2.46. The Kier molecular flexibility index (Phi) is 4.16. The van der Waals surface area contributed by atoms with E-state index in [4.69, 9.17) is 11.6 Å². The standard InChI is InChI=1S/C13H16ClNO3S/c1-7-6-19-11(10(7)14)12(16)15-5-3-4-9(8(15)2)13(17)18/h6,8-9H,3-5H2,1-2H3,(H,17,18)/t8-,9-/m1/s1. The predicted octanol–water partition coefficient (Wildman–Crippen LogP) is 3.04. The minimum atomic E-state index is -0.835.